The van der Waals surface area contributed by atoms with Crippen molar-refractivity contribution in [2.24, 2.45) is 5.92 Å². The molecule has 1 saturated carbocycles. The minimum absolute atomic E-state index is 0.0326. The predicted molar refractivity (Wildman–Crippen MR) is 69.5 cm³/mol. The summed E-state index contributed by atoms with van der Waals surface area (Å²) in [6.07, 6.45) is 5.57. The van der Waals surface area contributed by atoms with Crippen molar-refractivity contribution in [1.82, 2.24) is 9.71 Å². The van der Waals surface area contributed by atoms with Crippen molar-refractivity contribution in [2.75, 3.05) is 0 Å². The van der Waals surface area contributed by atoms with Crippen LogP contribution in [0.5, 0.6) is 0 Å². The molecule has 0 spiro atoms. The second kappa shape index (κ2) is 5.34. The number of aromatic amines is 1. The molecule has 0 unspecified atom stereocenters. The van der Waals surface area contributed by atoms with Gasteiger partial charge in [0.2, 0.25) is 10.0 Å². The Morgan fingerprint density at radius 3 is 2.63 bits per heavy atom. The SMILES string of the molecule is C[C@@H](NS(=O)(=O)c1c[nH]c(C(=O)O)c1)C1CCCC1. The number of hydrogen-bond donors (Lipinski definition) is 3. The summed E-state index contributed by atoms with van der Waals surface area (Å²) in [5.41, 5.74) is -0.131. The van der Waals surface area contributed by atoms with Crippen LogP contribution in [0.15, 0.2) is 17.2 Å². The number of aromatic carboxylic acids is 1. The maximum Gasteiger partial charge on any atom is 0.352 e. The summed E-state index contributed by atoms with van der Waals surface area (Å²) >= 11 is 0. The molecule has 0 aromatic carbocycles. The van der Waals surface area contributed by atoms with Gasteiger partial charge in [0.05, 0.1) is 0 Å². The van der Waals surface area contributed by atoms with Gasteiger partial charge in [-0.15, -0.1) is 0 Å². The molecular weight excluding hydrogens is 268 g/mol. The highest BCUT2D eigenvalue weighted by molar-refractivity contribution is 7.89. The van der Waals surface area contributed by atoms with Gasteiger partial charge in [-0.25, -0.2) is 17.9 Å². The minimum Gasteiger partial charge on any atom is -0.477 e. The molecule has 7 heteroatoms. The van der Waals surface area contributed by atoms with Crippen LogP contribution in [0, 0.1) is 5.92 Å². The molecule has 19 heavy (non-hydrogen) atoms. The number of rotatable bonds is 5. The van der Waals surface area contributed by atoms with Crippen molar-refractivity contribution in [3.05, 3.63) is 18.0 Å². The van der Waals surface area contributed by atoms with Crippen LogP contribution in [0.4, 0.5) is 0 Å². The molecule has 0 bridgehead atoms. The van der Waals surface area contributed by atoms with Crippen LogP contribution in [0.25, 0.3) is 0 Å². The van der Waals surface area contributed by atoms with Crippen LogP contribution in [0.1, 0.15) is 43.1 Å². The van der Waals surface area contributed by atoms with E-state index >= 15 is 0 Å². The topological polar surface area (TPSA) is 99.3 Å². The van der Waals surface area contributed by atoms with Gasteiger partial charge in [-0.1, -0.05) is 12.8 Å². The van der Waals surface area contributed by atoms with E-state index in [-0.39, 0.29) is 16.6 Å². The number of sulfonamides is 1. The van der Waals surface area contributed by atoms with Gasteiger partial charge in [0.1, 0.15) is 10.6 Å². The molecule has 2 rings (SSSR count). The molecule has 1 aromatic rings. The highest BCUT2D eigenvalue weighted by atomic mass is 32.2. The molecule has 6 nitrogen and oxygen atoms in total. The predicted octanol–water partition coefficient (Wildman–Crippen LogP) is 1.57. The van der Waals surface area contributed by atoms with Gasteiger partial charge in [0.15, 0.2) is 0 Å². The van der Waals surface area contributed by atoms with Gasteiger partial charge in [-0.05, 0) is 31.7 Å². The third-order valence-corrected chi connectivity index (χ3v) is 5.18. The third kappa shape index (κ3) is 3.16. The van der Waals surface area contributed by atoms with Gasteiger partial charge in [0.25, 0.3) is 0 Å². The molecule has 1 aliphatic rings. The number of aromatic nitrogens is 1. The van der Waals surface area contributed by atoms with Gasteiger partial charge in [-0.2, -0.15) is 0 Å². The molecule has 1 heterocycles. The zero-order valence-corrected chi connectivity index (χ0v) is 11.5. The number of hydrogen-bond acceptors (Lipinski definition) is 3. The Kier molecular flexibility index (Phi) is 3.96. The zero-order chi connectivity index (χ0) is 14.0. The normalized spacial score (nSPS) is 18.6. The van der Waals surface area contributed by atoms with Crippen molar-refractivity contribution in [2.45, 2.75) is 43.5 Å². The van der Waals surface area contributed by atoms with E-state index < -0.39 is 16.0 Å². The fraction of sp³-hybridized carbons (Fsp3) is 0.583. The Hall–Kier alpha value is -1.34. The fourth-order valence-corrected chi connectivity index (χ4v) is 3.82. The van der Waals surface area contributed by atoms with Crippen molar-refractivity contribution in [3.63, 3.8) is 0 Å². The molecule has 0 radical (unpaired) electrons. The van der Waals surface area contributed by atoms with Crippen molar-refractivity contribution in [3.8, 4) is 0 Å². The summed E-state index contributed by atoms with van der Waals surface area (Å²) in [6.45, 7) is 1.86. The van der Waals surface area contributed by atoms with Gasteiger partial charge < -0.3 is 10.1 Å². The van der Waals surface area contributed by atoms with E-state index in [1.807, 2.05) is 6.92 Å². The van der Waals surface area contributed by atoms with Crippen LogP contribution in [-0.4, -0.2) is 30.5 Å². The standard InChI is InChI=1S/C12H18N2O4S/c1-8(9-4-2-3-5-9)14-19(17,18)10-6-11(12(15)16)13-7-10/h6-9,13-14H,2-5H2,1H3,(H,15,16)/t8-/m1/s1. The van der Waals surface area contributed by atoms with E-state index in [9.17, 15) is 13.2 Å². The average Bonchev–Trinajstić information content (AvgIpc) is 3.00. The molecule has 1 fully saturated rings. The van der Waals surface area contributed by atoms with Crippen molar-refractivity contribution in [1.29, 1.82) is 0 Å². The van der Waals surface area contributed by atoms with Gasteiger partial charge in [-0.3, -0.25) is 0 Å². The number of carbonyl (C=O) groups is 1. The maximum absolute atomic E-state index is 12.1. The van der Waals surface area contributed by atoms with Crippen molar-refractivity contribution < 1.29 is 18.3 Å². The third-order valence-electron chi connectivity index (χ3n) is 3.65. The lowest BCUT2D eigenvalue weighted by molar-refractivity contribution is 0.0691. The Labute approximate surface area is 112 Å². The Balaban J connectivity index is 2.10. The number of nitrogens with one attached hydrogen (secondary N) is 2. The lowest BCUT2D eigenvalue weighted by atomic mass is 10.0. The molecule has 0 aliphatic heterocycles. The summed E-state index contributed by atoms with van der Waals surface area (Å²) in [5.74, 6) is -0.807. The van der Waals surface area contributed by atoms with Crippen LogP contribution in [0.2, 0.25) is 0 Å². The van der Waals surface area contributed by atoms with E-state index in [2.05, 4.69) is 9.71 Å². The lowest BCUT2D eigenvalue weighted by Crippen LogP contribution is -2.37. The molecule has 3 N–H and O–H groups in total. The average molecular weight is 286 g/mol. The first kappa shape index (κ1) is 14.1. The molecule has 1 aliphatic carbocycles. The smallest absolute Gasteiger partial charge is 0.352 e. The molecule has 1 atom stereocenters. The Morgan fingerprint density at radius 1 is 1.47 bits per heavy atom. The van der Waals surface area contributed by atoms with Crippen molar-refractivity contribution >= 4 is 16.0 Å². The first-order valence-corrected chi connectivity index (χ1v) is 7.82. The summed E-state index contributed by atoms with van der Waals surface area (Å²) in [5, 5.41) is 8.77. The van der Waals surface area contributed by atoms with Crippen LogP contribution in [-0.2, 0) is 10.0 Å². The minimum atomic E-state index is -3.65. The Morgan fingerprint density at radius 2 is 2.11 bits per heavy atom. The second-order valence-electron chi connectivity index (χ2n) is 5.01. The number of carboxylic acids is 1. The van der Waals surface area contributed by atoms with E-state index in [0.29, 0.717) is 5.92 Å². The Bertz CT molecular complexity index is 558. The molecule has 0 saturated heterocycles. The summed E-state index contributed by atoms with van der Waals surface area (Å²) in [7, 11) is -3.65. The molecular formula is C12H18N2O4S. The van der Waals surface area contributed by atoms with Crippen LogP contribution < -0.4 is 4.72 Å². The fourth-order valence-electron chi connectivity index (χ4n) is 2.52. The maximum atomic E-state index is 12.1. The van der Waals surface area contributed by atoms with E-state index in [0.717, 1.165) is 31.7 Å². The van der Waals surface area contributed by atoms with E-state index in [1.165, 1.54) is 6.20 Å². The summed E-state index contributed by atoms with van der Waals surface area (Å²) < 4.78 is 26.8. The van der Waals surface area contributed by atoms with E-state index in [1.54, 1.807) is 0 Å². The molecule has 1 aromatic heterocycles. The van der Waals surface area contributed by atoms with Crippen LogP contribution in [0.3, 0.4) is 0 Å². The molecule has 0 amide bonds. The highest BCUT2D eigenvalue weighted by Gasteiger charge is 2.27. The van der Waals surface area contributed by atoms with E-state index in [4.69, 9.17) is 5.11 Å². The van der Waals surface area contributed by atoms with Gasteiger partial charge in [0, 0.05) is 12.2 Å². The number of H-pyrrole nitrogens is 1. The molecule has 106 valence electrons. The van der Waals surface area contributed by atoms with Crippen LogP contribution >= 0.6 is 0 Å². The largest absolute Gasteiger partial charge is 0.477 e. The first-order chi connectivity index (χ1) is 8.90. The quantitative estimate of drug-likeness (QED) is 0.765. The number of carboxylic acid groups (broad SMARTS) is 1. The second-order valence-corrected chi connectivity index (χ2v) is 6.72. The first-order valence-electron chi connectivity index (χ1n) is 6.34. The monoisotopic (exact) mass is 286 g/mol. The summed E-state index contributed by atoms with van der Waals surface area (Å²) in [6, 6.07) is 1.00. The summed E-state index contributed by atoms with van der Waals surface area (Å²) in [4.78, 5) is 13.1. The van der Waals surface area contributed by atoms with Gasteiger partial charge >= 0.3 is 5.97 Å². The highest BCUT2D eigenvalue weighted by Crippen LogP contribution is 2.28. The lowest BCUT2D eigenvalue weighted by Gasteiger charge is -2.19. The zero-order valence-electron chi connectivity index (χ0n) is 10.7.